The van der Waals surface area contributed by atoms with Gasteiger partial charge in [0, 0.05) is 41.2 Å². The molecule has 1 aliphatic rings. The number of para-hydroxylation sites is 1. The van der Waals surface area contributed by atoms with Gasteiger partial charge in [0.15, 0.2) is 0 Å². The number of hydrogen-bond acceptors (Lipinski definition) is 4. The van der Waals surface area contributed by atoms with Gasteiger partial charge in [-0.25, -0.2) is 9.59 Å². The highest BCUT2D eigenvalue weighted by atomic mass is 35.5. The molecule has 0 aromatic heterocycles. The fourth-order valence-corrected chi connectivity index (χ4v) is 3.15. The molecule has 3 N–H and O–H groups in total. The van der Waals surface area contributed by atoms with Gasteiger partial charge < -0.3 is 20.4 Å². The fourth-order valence-electron chi connectivity index (χ4n) is 2.98. The van der Waals surface area contributed by atoms with Gasteiger partial charge in [0.25, 0.3) is 0 Å². The van der Waals surface area contributed by atoms with Gasteiger partial charge in [-0.3, -0.25) is 0 Å². The summed E-state index contributed by atoms with van der Waals surface area (Å²) in [7, 11) is 4.09. The van der Waals surface area contributed by atoms with Gasteiger partial charge >= 0.3 is 11.9 Å². The van der Waals surface area contributed by atoms with E-state index in [1.54, 1.807) is 0 Å². The third kappa shape index (κ3) is 6.20. The summed E-state index contributed by atoms with van der Waals surface area (Å²) in [5, 5.41) is 19.6. The number of fused-ring (bicyclic) bond motifs is 2. The van der Waals surface area contributed by atoms with E-state index in [2.05, 4.69) is 59.7 Å². The number of benzene rings is 2. The van der Waals surface area contributed by atoms with Crippen molar-refractivity contribution in [1.82, 2.24) is 5.32 Å². The number of anilines is 2. The third-order valence-electron chi connectivity index (χ3n) is 4.31. The zero-order chi connectivity index (χ0) is 21.4. The largest absolute Gasteiger partial charge is 0.478 e. The van der Waals surface area contributed by atoms with E-state index in [1.165, 1.54) is 28.1 Å². The summed E-state index contributed by atoms with van der Waals surface area (Å²) in [4.78, 5) is 21.3. The minimum absolute atomic E-state index is 0.558. The predicted molar refractivity (Wildman–Crippen MR) is 117 cm³/mol. The van der Waals surface area contributed by atoms with Crippen LogP contribution in [0.3, 0.4) is 0 Å². The number of carbonyl (C=O) groups is 2. The van der Waals surface area contributed by atoms with Gasteiger partial charge in [-0.1, -0.05) is 29.8 Å². The Hall–Kier alpha value is -3.09. The zero-order valence-corrected chi connectivity index (χ0v) is 17.0. The Balaban J connectivity index is 0.000000321. The van der Waals surface area contributed by atoms with E-state index in [9.17, 15) is 9.59 Å². The molecular weight excluding hydrogens is 392 g/mol. The number of nitrogens with one attached hydrogen (secondary N) is 1. The normalized spacial score (nSPS) is 12.2. The van der Waals surface area contributed by atoms with Crippen molar-refractivity contribution in [2.75, 3.05) is 25.5 Å². The predicted octanol–water partition coefficient (Wildman–Crippen LogP) is 4.28. The summed E-state index contributed by atoms with van der Waals surface area (Å²) >= 11 is 6.23. The summed E-state index contributed by atoms with van der Waals surface area (Å²) in [5.41, 5.74) is 6.21. The maximum absolute atomic E-state index is 9.55. The van der Waals surface area contributed by atoms with Gasteiger partial charge in [-0.15, -0.1) is 0 Å². The van der Waals surface area contributed by atoms with Crippen LogP contribution in [0.15, 0.2) is 54.6 Å². The Morgan fingerprint density at radius 1 is 1.07 bits per heavy atom. The van der Waals surface area contributed by atoms with Crippen molar-refractivity contribution < 1.29 is 19.8 Å². The highest BCUT2D eigenvalue weighted by Crippen LogP contribution is 2.40. The number of carboxylic acid groups (broad SMARTS) is 2. The Kier molecular flexibility index (Phi) is 8.00. The zero-order valence-electron chi connectivity index (χ0n) is 16.2. The molecule has 7 heteroatoms. The summed E-state index contributed by atoms with van der Waals surface area (Å²) in [5.74, 6) is -2.51. The second-order valence-electron chi connectivity index (χ2n) is 6.31. The van der Waals surface area contributed by atoms with Gasteiger partial charge in [0.1, 0.15) is 0 Å². The van der Waals surface area contributed by atoms with E-state index in [-0.39, 0.29) is 0 Å². The summed E-state index contributed by atoms with van der Waals surface area (Å²) in [6.45, 7) is 0.948. The SMILES string of the molecule is CNCCC1=Cc2ccccc2N(C)c2ccc(Cl)cc21.O=C(O)/C=C/C(=O)O. The van der Waals surface area contributed by atoms with E-state index in [1.807, 2.05) is 13.1 Å². The van der Waals surface area contributed by atoms with Crippen molar-refractivity contribution in [2.24, 2.45) is 0 Å². The van der Waals surface area contributed by atoms with Crippen LogP contribution < -0.4 is 10.2 Å². The topological polar surface area (TPSA) is 89.9 Å². The van der Waals surface area contributed by atoms with Crippen LogP contribution in [0.1, 0.15) is 17.5 Å². The van der Waals surface area contributed by atoms with Crippen LogP contribution in [0, 0.1) is 0 Å². The van der Waals surface area contributed by atoms with Gasteiger partial charge in [-0.05, 0) is 61.5 Å². The number of carboxylic acids is 2. The molecule has 1 aliphatic heterocycles. The van der Waals surface area contributed by atoms with Crippen LogP contribution in [-0.2, 0) is 9.59 Å². The first-order chi connectivity index (χ1) is 13.8. The molecule has 0 bridgehead atoms. The Morgan fingerprint density at radius 3 is 2.34 bits per heavy atom. The van der Waals surface area contributed by atoms with Crippen LogP contribution in [0.5, 0.6) is 0 Å². The molecule has 29 heavy (non-hydrogen) atoms. The summed E-state index contributed by atoms with van der Waals surface area (Å²) in [6, 6.07) is 14.6. The maximum atomic E-state index is 9.55. The van der Waals surface area contributed by atoms with Gasteiger partial charge in [-0.2, -0.15) is 0 Å². The molecule has 152 valence electrons. The van der Waals surface area contributed by atoms with Crippen LogP contribution in [0.2, 0.25) is 5.02 Å². The minimum atomic E-state index is -1.26. The molecule has 0 unspecified atom stereocenters. The lowest BCUT2D eigenvalue weighted by molar-refractivity contribution is -0.134. The van der Waals surface area contributed by atoms with Crippen LogP contribution in [0.4, 0.5) is 11.4 Å². The van der Waals surface area contributed by atoms with Gasteiger partial charge in [0.2, 0.25) is 0 Å². The van der Waals surface area contributed by atoms with E-state index < -0.39 is 11.9 Å². The Labute approximate surface area is 174 Å². The molecule has 2 aromatic rings. The van der Waals surface area contributed by atoms with Crippen molar-refractivity contribution in [3.05, 3.63) is 70.8 Å². The lowest BCUT2D eigenvalue weighted by Gasteiger charge is -2.22. The molecule has 0 spiro atoms. The first kappa shape index (κ1) is 22.2. The number of hydrogen-bond donors (Lipinski definition) is 3. The van der Waals surface area contributed by atoms with E-state index in [0.29, 0.717) is 12.2 Å². The van der Waals surface area contributed by atoms with Crippen molar-refractivity contribution in [3.8, 4) is 0 Å². The van der Waals surface area contributed by atoms with Crippen LogP contribution >= 0.6 is 11.6 Å². The first-order valence-corrected chi connectivity index (χ1v) is 9.33. The van der Waals surface area contributed by atoms with Crippen molar-refractivity contribution >= 4 is 46.6 Å². The first-order valence-electron chi connectivity index (χ1n) is 8.95. The van der Waals surface area contributed by atoms with E-state index in [0.717, 1.165) is 18.0 Å². The van der Waals surface area contributed by atoms with Crippen LogP contribution in [0.25, 0.3) is 11.6 Å². The standard InChI is InChI=1S/C18H19ClN2.C4H4O4/c1-20-10-9-13-11-14-5-3-4-6-17(14)21(2)18-8-7-15(19)12-16(13)18;5-3(6)1-2-4(7)8/h3-8,11-12,20H,9-10H2,1-2H3;1-2H,(H,5,6)(H,7,8)/b;2-1+. The van der Waals surface area contributed by atoms with Crippen LogP contribution in [-0.4, -0.2) is 42.8 Å². The smallest absolute Gasteiger partial charge is 0.328 e. The minimum Gasteiger partial charge on any atom is -0.478 e. The molecule has 0 radical (unpaired) electrons. The van der Waals surface area contributed by atoms with Crippen molar-refractivity contribution in [1.29, 1.82) is 0 Å². The average molecular weight is 415 g/mol. The molecular formula is C22H23ClN2O4. The molecule has 1 heterocycles. The Bertz CT molecular complexity index is 938. The number of rotatable bonds is 5. The number of halogens is 1. The number of aliphatic carboxylic acids is 2. The highest BCUT2D eigenvalue weighted by Gasteiger charge is 2.19. The molecule has 0 saturated heterocycles. The van der Waals surface area contributed by atoms with Crippen molar-refractivity contribution in [2.45, 2.75) is 6.42 Å². The average Bonchev–Trinajstić information content (AvgIpc) is 2.80. The molecule has 2 aromatic carbocycles. The fraction of sp³-hybridized carbons (Fsp3) is 0.182. The molecule has 0 aliphatic carbocycles. The third-order valence-corrected chi connectivity index (χ3v) is 4.54. The monoisotopic (exact) mass is 414 g/mol. The van der Waals surface area contributed by atoms with Gasteiger partial charge in [0.05, 0.1) is 0 Å². The second kappa shape index (κ2) is 10.5. The Morgan fingerprint density at radius 2 is 1.72 bits per heavy atom. The quantitative estimate of drug-likeness (QED) is 0.632. The molecule has 0 saturated carbocycles. The molecule has 6 nitrogen and oxygen atoms in total. The molecule has 3 rings (SSSR count). The molecule has 0 amide bonds. The summed E-state index contributed by atoms with van der Waals surface area (Å²) in [6.07, 6.45) is 4.38. The molecule has 0 atom stereocenters. The number of nitrogens with zero attached hydrogens (tertiary/aromatic N) is 1. The van der Waals surface area contributed by atoms with E-state index >= 15 is 0 Å². The van der Waals surface area contributed by atoms with E-state index in [4.69, 9.17) is 21.8 Å². The second-order valence-corrected chi connectivity index (χ2v) is 6.75. The van der Waals surface area contributed by atoms with Crippen molar-refractivity contribution in [3.63, 3.8) is 0 Å². The molecule has 0 fully saturated rings. The lowest BCUT2D eigenvalue weighted by Crippen LogP contribution is -2.12. The maximum Gasteiger partial charge on any atom is 0.328 e. The summed E-state index contributed by atoms with van der Waals surface area (Å²) < 4.78 is 0. The highest BCUT2D eigenvalue weighted by molar-refractivity contribution is 6.31. The lowest BCUT2D eigenvalue weighted by atomic mass is 9.99.